The molecule has 24 heavy (non-hydrogen) atoms. The second-order valence-electron chi connectivity index (χ2n) is 5.69. The number of thioether (sulfide) groups is 1. The minimum Gasteiger partial charge on any atom is -0.461 e. The van der Waals surface area contributed by atoms with Gasteiger partial charge in [0.1, 0.15) is 0 Å². The van der Waals surface area contributed by atoms with Crippen LogP contribution in [0.2, 0.25) is 0 Å². The Bertz CT molecular complexity index is 829. The van der Waals surface area contributed by atoms with Gasteiger partial charge in [0.05, 0.1) is 23.5 Å². The van der Waals surface area contributed by atoms with E-state index in [-0.39, 0.29) is 29.2 Å². The molecule has 2 aromatic heterocycles. The zero-order valence-electron chi connectivity index (χ0n) is 13.4. The monoisotopic (exact) mass is 370 g/mol. The average molecular weight is 370 g/mol. The first-order valence-corrected chi connectivity index (χ1v) is 10.2. The van der Waals surface area contributed by atoms with Gasteiger partial charge in [-0.2, -0.15) is 0 Å². The Morgan fingerprint density at radius 2 is 2.29 bits per heavy atom. The maximum atomic E-state index is 12.3. The Kier molecular flexibility index (Phi) is 4.68. The van der Waals surface area contributed by atoms with Crippen LogP contribution in [-0.2, 0) is 21.7 Å². The van der Waals surface area contributed by atoms with E-state index in [1.807, 2.05) is 0 Å². The predicted molar refractivity (Wildman–Crippen MR) is 89.3 cm³/mol. The molecule has 0 N–H and O–H groups in total. The molecular formula is C14H18N4O4S2. The summed E-state index contributed by atoms with van der Waals surface area (Å²) in [5, 5.41) is 8.74. The summed E-state index contributed by atoms with van der Waals surface area (Å²) in [6.07, 6.45) is 2.06. The number of aromatic nitrogens is 3. The van der Waals surface area contributed by atoms with E-state index in [1.165, 1.54) is 16.7 Å². The van der Waals surface area contributed by atoms with Crippen LogP contribution >= 0.6 is 11.8 Å². The van der Waals surface area contributed by atoms with Crippen LogP contribution in [0.4, 0.5) is 0 Å². The standard InChI is InChI=1S/C14H18N4O4S2/c1-17(10-5-7-24(20,21)9-10)12(19)8-23-14-16-15-13(18(14)2)11-4-3-6-22-11/h3-4,6,10H,5,7-9H2,1-2H3. The Morgan fingerprint density at radius 3 is 2.92 bits per heavy atom. The van der Waals surface area contributed by atoms with Crippen molar-refractivity contribution in [3.8, 4) is 11.6 Å². The number of hydrogen-bond donors (Lipinski definition) is 0. The maximum Gasteiger partial charge on any atom is 0.233 e. The van der Waals surface area contributed by atoms with E-state index in [4.69, 9.17) is 4.42 Å². The van der Waals surface area contributed by atoms with Gasteiger partial charge < -0.3 is 13.9 Å². The maximum absolute atomic E-state index is 12.3. The molecule has 1 fully saturated rings. The summed E-state index contributed by atoms with van der Waals surface area (Å²) in [7, 11) is 0.448. The first kappa shape index (κ1) is 17.0. The first-order valence-electron chi connectivity index (χ1n) is 7.39. The molecule has 0 saturated carbocycles. The van der Waals surface area contributed by atoms with Crippen LogP contribution in [0.3, 0.4) is 0 Å². The van der Waals surface area contributed by atoms with Crippen molar-refractivity contribution in [1.29, 1.82) is 0 Å². The van der Waals surface area contributed by atoms with Crippen molar-refractivity contribution in [2.45, 2.75) is 17.6 Å². The zero-order chi connectivity index (χ0) is 17.3. The van der Waals surface area contributed by atoms with Crippen LogP contribution in [0.15, 0.2) is 28.0 Å². The van der Waals surface area contributed by atoms with Gasteiger partial charge in [0.2, 0.25) is 5.91 Å². The molecular weight excluding hydrogens is 352 g/mol. The van der Waals surface area contributed by atoms with E-state index < -0.39 is 9.84 Å². The highest BCUT2D eigenvalue weighted by molar-refractivity contribution is 7.99. The van der Waals surface area contributed by atoms with E-state index in [2.05, 4.69) is 10.2 Å². The molecule has 0 aliphatic carbocycles. The lowest BCUT2D eigenvalue weighted by atomic mass is 10.2. The van der Waals surface area contributed by atoms with Crippen LogP contribution < -0.4 is 0 Å². The molecule has 0 radical (unpaired) electrons. The molecule has 130 valence electrons. The number of rotatable bonds is 5. The van der Waals surface area contributed by atoms with Crippen molar-refractivity contribution >= 4 is 27.5 Å². The van der Waals surface area contributed by atoms with E-state index in [0.717, 1.165) is 0 Å². The van der Waals surface area contributed by atoms with Crippen LogP contribution in [0, 0.1) is 0 Å². The lowest BCUT2D eigenvalue weighted by molar-refractivity contribution is -0.128. The summed E-state index contributed by atoms with van der Waals surface area (Å²) >= 11 is 1.27. The minimum absolute atomic E-state index is 0.0481. The van der Waals surface area contributed by atoms with Crippen molar-refractivity contribution in [2.24, 2.45) is 7.05 Å². The highest BCUT2D eigenvalue weighted by atomic mass is 32.2. The van der Waals surface area contributed by atoms with Gasteiger partial charge in [-0.05, 0) is 18.6 Å². The van der Waals surface area contributed by atoms with Crippen LogP contribution in [0.5, 0.6) is 0 Å². The van der Waals surface area contributed by atoms with Gasteiger partial charge in [-0.25, -0.2) is 8.42 Å². The summed E-state index contributed by atoms with van der Waals surface area (Å²) in [5.74, 6) is 1.45. The highest BCUT2D eigenvalue weighted by Crippen LogP contribution is 2.24. The number of carbonyl (C=O) groups excluding carboxylic acids is 1. The molecule has 0 spiro atoms. The Balaban J connectivity index is 1.61. The average Bonchev–Trinajstić information content (AvgIpc) is 3.24. The number of carbonyl (C=O) groups is 1. The number of hydrogen-bond acceptors (Lipinski definition) is 7. The second-order valence-corrected chi connectivity index (χ2v) is 8.86. The molecule has 2 aromatic rings. The van der Waals surface area contributed by atoms with E-state index in [9.17, 15) is 13.2 Å². The van der Waals surface area contributed by atoms with E-state index in [1.54, 1.807) is 37.1 Å². The summed E-state index contributed by atoms with van der Waals surface area (Å²) in [6, 6.07) is 3.32. The quantitative estimate of drug-likeness (QED) is 0.718. The fourth-order valence-corrected chi connectivity index (χ4v) is 5.18. The van der Waals surface area contributed by atoms with Crippen molar-refractivity contribution < 1.29 is 17.6 Å². The zero-order valence-corrected chi connectivity index (χ0v) is 15.0. The molecule has 0 bridgehead atoms. The lowest BCUT2D eigenvalue weighted by Gasteiger charge is -2.23. The van der Waals surface area contributed by atoms with Gasteiger partial charge in [0.25, 0.3) is 0 Å². The molecule has 1 atom stereocenters. The van der Waals surface area contributed by atoms with Crippen molar-refractivity contribution in [3.05, 3.63) is 18.4 Å². The molecule has 3 heterocycles. The van der Waals surface area contributed by atoms with Gasteiger partial charge in [-0.1, -0.05) is 11.8 Å². The van der Waals surface area contributed by atoms with Crippen molar-refractivity contribution in [2.75, 3.05) is 24.3 Å². The molecule has 8 nitrogen and oxygen atoms in total. The third-order valence-electron chi connectivity index (χ3n) is 4.05. The molecule has 1 aliphatic rings. The first-order chi connectivity index (χ1) is 11.4. The summed E-state index contributed by atoms with van der Waals surface area (Å²) in [6.45, 7) is 0. The van der Waals surface area contributed by atoms with Gasteiger partial charge in [-0.15, -0.1) is 10.2 Å². The van der Waals surface area contributed by atoms with E-state index >= 15 is 0 Å². The third kappa shape index (κ3) is 3.48. The van der Waals surface area contributed by atoms with Gasteiger partial charge in [-0.3, -0.25) is 4.79 Å². The Hall–Kier alpha value is -1.81. The number of sulfone groups is 1. The molecule has 1 saturated heterocycles. The van der Waals surface area contributed by atoms with Crippen LogP contribution in [-0.4, -0.2) is 64.3 Å². The Morgan fingerprint density at radius 1 is 1.50 bits per heavy atom. The topological polar surface area (TPSA) is 98.3 Å². The minimum atomic E-state index is -3.01. The largest absolute Gasteiger partial charge is 0.461 e. The molecule has 1 unspecified atom stereocenters. The predicted octanol–water partition coefficient (Wildman–Crippen LogP) is 0.813. The normalized spacial score (nSPS) is 19.5. The Labute approximate surface area is 144 Å². The summed E-state index contributed by atoms with van der Waals surface area (Å²) in [5.41, 5.74) is 0. The molecule has 0 aromatic carbocycles. The molecule has 3 rings (SSSR count). The van der Waals surface area contributed by atoms with Gasteiger partial charge >= 0.3 is 0 Å². The fourth-order valence-electron chi connectivity index (χ4n) is 2.57. The highest BCUT2D eigenvalue weighted by Gasteiger charge is 2.32. The smallest absolute Gasteiger partial charge is 0.233 e. The van der Waals surface area contributed by atoms with Gasteiger partial charge in [0.15, 0.2) is 26.6 Å². The SMILES string of the molecule is CN(C(=O)CSc1nnc(-c2ccco2)n1C)C1CCS(=O)(=O)C1. The fraction of sp³-hybridized carbons (Fsp3) is 0.500. The summed E-state index contributed by atoms with van der Waals surface area (Å²) in [4.78, 5) is 13.8. The molecule has 10 heteroatoms. The van der Waals surface area contributed by atoms with Crippen molar-refractivity contribution in [1.82, 2.24) is 19.7 Å². The van der Waals surface area contributed by atoms with Crippen LogP contribution in [0.1, 0.15) is 6.42 Å². The number of amides is 1. The lowest BCUT2D eigenvalue weighted by Crippen LogP contribution is -2.38. The molecule has 1 aliphatic heterocycles. The number of nitrogens with zero attached hydrogens (tertiary/aromatic N) is 4. The third-order valence-corrected chi connectivity index (χ3v) is 6.81. The summed E-state index contributed by atoms with van der Waals surface area (Å²) < 4.78 is 30.1. The second kappa shape index (κ2) is 6.60. The van der Waals surface area contributed by atoms with Gasteiger partial charge in [0, 0.05) is 20.1 Å². The van der Waals surface area contributed by atoms with E-state index in [0.29, 0.717) is 23.2 Å². The van der Waals surface area contributed by atoms with Crippen molar-refractivity contribution in [3.63, 3.8) is 0 Å². The van der Waals surface area contributed by atoms with Crippen LogP contribution in [0.25, 0.3) is 11.6 Å². The molecule has 1 amide bonds. The number of furan rings is 1.